The summed E-state index contributed by atoms with van der Waals surface area (Å²) >= 11 is 0. The number of carbonyl (C=O) groups excluding carboxylic acids is 1. The zero-order valence-corrected chi connectivity index (χ0v) is 8.81. The summed E-state index contributed by atoms with van der Waals surface area (Å²) in [5.41, 5.74) is 0.943. The van der Waals surface area contributed by atoms with Crippen molar-refractivity contribution in [3.05, 3.63) is 35.9 Å². The van der Waals surface area contributed by atoms with Crippen LogP contribution < -0.4 is 0 Å². The van der Waals surface area contributed by atoms with Gasteiger partial charge in [0, 0.05) is 6.54 Å². The predicted octanol–water partition coefficient (Wildman–Crippen LogP) is 1.95. The van der Waals surface area contributed by atoms with Crippen LogP contribution in [0.15, 0.2) is 30.3 Å². The molecular formula is C12H14N2O. The first-order valence-corrected chi connectivity index (χ1v) is 5.02. The lowest BCUT2D eigenvalue weighted by molar-refractivity contribution is -0.127. The minimum Gasteiger partial charge on any atom is -0.273 e. The van der Waals surface area contributed by atoms with E-state index in [1.165, 1.54) is 4.90 Å². The number of hydrogen-bond donors (Lipinski definition) is 0. The maximum atomic E-state index is 11.6. The predicted molar refractivity (Wildman–Crippen MR) is 57.8 cm³/mol. The average molecular weight is 202 g/mol. The van der Waals surface area contributed by atoms with Crippen LogP contribution in [0.2, 0.25) is 0 Å². The van der Waals surface area contributed by atoms with E-state index >= 15 is 0 Å². The van der Waals surface area contributed by atoms with Gasteiger partial charge in [0.2, 0.25) is 5.91 Å². The molecule has 0 radical (unpaired) electrons. The first-order chi connectivity index (χ1) is 7.27. The number of benzene rings is 1. The van der Waals surface area contributed by atoms with E-state index in [-0.39, 0.29) is 5.91 Å². The molecule has 3 nitrogen and oxygen atoms in total. The van der Waals surface area contributed by atoms with Gasteiger partial charge in [0.15, 0.2) is 6.19 Å². The molecule has 78 valence electrons. The standard InChI is InChI=1S/C12H14N2O/c1-2-8-14(10-13)12(15)9-11-6-4-3-5-7-11/h3-7H,2,8-9H2,1H3. The van der Waals surface area contributed by atoms with Gasteiger partial charge in [0.1, 0.15) is 0 Å². The lowest BCUT2D eigenvalue weighted by Crippen LogP contribution is -2.28. The van der Waals surface area contributed by atoms with Crippen LogP contribution in [-0.4, -0.2) is 17.4 Å². The molecule has 0 aliphatic carbocycles. The Morgan fingerprint density at radius 2 is 2.07 bits per heavy atom. The van der Waals surface area contributed by atoms with Crippen molar-refractivity contribution in [3.63, 3.8) is 0 Å². The summed E-state index contributed by atoms with van der Waals surface area (Å²) in [6, 6.07) is 9.46. The van der Waals surface area contributed by atoms with Crippen molar-refractivity contribution in [3.8, 4) is 6.19 Å². The average Bonchev–Trinajstić information content (AvgIpc) is 2.27. The van der Waals surface area contributed by atoms with Gasteiger partial charge in [-0.25, -0.2) is 4.90 Å². The van der Waals surface area contributed by atoms with Crippen LogP contribution in [0, 0.1) is 11.5 Å². The van der Waals surface area contributed by atoms with E-state index in [0.717, 1.165) is 12.0 Å². The maximum Gasteiger partial charge on any atom is 0.239 e. The minimum atomic E-state index is -0.134. The van der Waals surface area contributed by atoms with Gasteiger partial charge in [0.05, 0.1) is 6.42 Å². The van der Waals surface area contributed by atoms with Crippen LogP contribution in [0.5, 0.6) is 0 Å². The van der Waals surface area contributed by atoms with Crippen LogP contribution in [0.25, 0.3) is 0 Å². The lowest BCUT2D eigenvalue weighted by Gasteiger charge is -2.11. The first-order valence-electron chi connectivity index (χ1n) is 5.02. The summed E-state index contributed by atoms with van der Waals surface area (Å²) < 4.78 is 0. The second-order valence-electron chi connectivity index (χ2n) is 3.31. The molecule has 1 aromatic rings. The van der Waals surface area contributed by atoms with Gasteiger partial charge in [-0.15, -0.1) is 0 Å². The van der Waals surface area contributed by atoms with Gasteiger partial charge in [-0.05, 0) is 12.0 Å². The third-order valence-corrected chi connectivity index (χ3v) is 2.07. The van der Waals surface area contributed by atoms with E-state index < -0.39 is 0 Å². The van der Waals surface area contributed by atoms with Crippen LogP contribution in [-0.2, 0) is 11.2 Å². The molecule has 0 saturated carbocycles. The molecule has 0 saturated heterocycles. The lowest BCUT2D eigenvalue weighted by atomic mass is 10.1. The Morgan fingerprint density at radius 1 is 1.40 bits per heavy atom. The number of nitrogens with zero attached hydrogens (tertiary/aromatic N) is 2. The highest BCUT2D eigenvalue weighted by atomic mass is 16.2. The van der Waals surface area contributed by atoms with E-state index in [2.05, 4.69) is 0 Å². The van der Waals surface area contributed by atoms with Gasteiger partial charge in [0.25, 0.3) is 0 Å². The molecule has 0 heterocycles. The number of nitriles is 1. The van der Waals surface area contributed by atoms with E-state index in [1.807, 2.05) is 43.4 Å². The van der Waals surface area contributed by atoms with E-state index in [9.17, 15) is 4.79 Å². The smallest absolute Gasteiger partial charge is 0.239 e. The van der Waals surface area contributed by atoms with E-state index in [0.29, 0.717) is 13.0 Å². The number of carbonyl (C=O) groups is 1. The quantitative estimate of drug-likeness (QED) is 0.553. The molecular weight excluding hydrogens is 188 g/mol. The van der Waals surface area contributed by atoms with Crippen molar-refractivity contribution < 1.29 is 4.79 Å². The Hall–Kier alpha value is -1.82. The summed E-state index contributed by atoms with van der Waals surface area (Å²) in [4.78, 5) is 12.9. The van der Waals surface area contributed by atoms with Crippen LogP contribution in [0.3, 0.4) is 0 Å². The summed E-state index contributed by atoms with van der Waals surface area (Å²) in [5.74, 6) is -0.134. The molecule has 1 rings (SSSR count). The van der Waals surface area contributed by atoms with Crippen molar-refractivity contribution in [2.24, 2.45) is 0 Å². The molecule has 0 aromatic heterocycles. The highest BCUT2D eigenvalue weighted by Gasteiger charge is 2.11. The second-order valence-corrected chi connectivity index (χ2v) is 3.31. The third kappa shape index (κ3) is 3.43. The first kappa shape index (κ1) is 11.3. The molecule has 0 unspecified atom stereocenters. The highest BCUT2D eigenvalue weighted by molar-refractivity contribution is 5.80. The number of rotatable bonds is 4. The van der Waals surface area contributed by atoms with Gasteiger partial charge in [-0.2, -0.15) is 5.26 Å². The van der Waals surface area contributed by atoms with Crippen molar-refractivity contribution >= 4 is 5.91 Å². The number of amides is 1. The molecule has 0 fully saturated rings. The molecule has 0 N–H and O–H groups in total. The number of hydrogen-bond acceptors (Lipinski definition) is 2. The molecule has 0 atom stereocenters. The van der Waals surface area contributed by atoms with Crippen molar-refractivity contribution in [2.45, 2.75) is 19.8 Å². The fourth-order valence-electron chi connectivity index (χ4n) is 1.32. The Labute approximate surface area is 89.9 Å². The zero-order valence-electron chi connectivity index (χ0n) is 8.81. The van der Waals surface area contributed by atoms with Crippen LogP contribution in [0.1, 0.15) is 18.9 Å². The van der Waals surface area contributed by atoms with Gasteiger partial charge < -0.3 is 0 Å². The van der Waals surface area contributed by atoms with Gasteiger partial charge >= 0.3 is 0 Å². The molecule has 3 heteroatoms. The second kappa shape index (κ2) is 5.82. The van der Waals surface area contributed by atoms with Gasteiger partial charge in [-0.1, -0.05) is 37.3 Å². The SMILES string of the molecule is CCCN(C#N)C(=O)Cc1ccccc1. The van der Waals surface area contributed by atoms with Crippen molar-refractivity contribution in [1.29, 1.82) is 5.26 Å². The van der Waals surface area contributed by atoms with Crippen molar-refractivity contribution in [2.75, 3.05) is 6.54 Å². The molecule has 0 aliphatic heterocycles. The molecule has 15 heavy (non-hydrogen) atoms. The van der Waals surface area contributed by atoms with Crippen LogP contribution in [0.4, 0.5) is 0 Å². The highest BCUT2D eigenvalue weighted by Crippen LogP contribution is 2.02. The molecule has 0 aliphatic rings. The van der Waals surface area contributed by atoms with E-state index in [4.69, 9.17) is 5.26 Å². The monoisotopic (exact) mass is 202 g/mol. The fraction of sp³-hybridized carbons (Fsp3) is 0.333. The topological polar surface area (TPSA) is 44.1 Å². The largest absolute Gasteiger partial charge is 0.273 e. The fourth-order valence-corrected chi connectivity index (χ4v) is 1.32. The summed E-state index contributed by atoms with van der Waals surface area (Å²) in [6.45, 7) is 2.45. The summed E-state index contributed by atoms with van der Waals surface area (Å²) in [7, 11) is 0. The third-order valence-electron chi connectivity index (χ3n) is 2.07. The maximum absolute atomic E-state index is 11.6. The van der Waals surface area contributed by atoms with Crippen LogP contribution >= 0.6 is 0 Å². The molecule has 0 bridgehead atoms. The van der Waals surface area contributed by atoms with Crippen molar-refractivity contribution in [1.82, 2.24) is 4.90 Å². The Kier molecular flexibility index (Phi) is 4.36. The Balaban J connectivity index is 2.59. The normalized spacial score (nSPS) is 9.33. The summed E-state index contributed by atoms with van der Waals surface area (Å²) in [6.07, 6.45) is 3.01. The molecule has 0 spiro atoms. The zero-order chi connectivity index (χ0) is 11.1. The minimum absolute atomic E-state index is 0.134. The Morgan fingerprint density at radius 3 is 2.60 bits per heavy atom. The summed E-state index contributed by atoms with van der Waals surface area (Å²) in [5, 5.41) is 8.76. The molecule has 1 amide bonds. The van der Waals surface area contributed by atoms with Gasteiger partial charge in [-0.3, -0.25) is 4.79 Å². The molecule has 1 aromatic carbocycles. The Bertz CT molecular complexity index is 354. The van der Waals surface area contributed by atoms with E-state index in [1.54, 1.807) is 0 Å².